The molecule has 2 atom stereocenters. The molecule has 0 saturated carbocycles. The lowest BCUT2D eigenvalue weighted by Gasteiger charge is -2.47. The van der Waals surface area contributed by atoms with Crippen LogP contribution in [-0.2, 0) is 36.9 Å². The van der Waals surface area contributed by atoms with Crippen molar-refractivity contribution in [1.82, 2.24) is 20.4 Å². The Balaban J connectivity index is 1.51. The summed E-state index contributed by atoms with van der Waals surface area (Å²) in [6.07, 6.45) is 3.26. The number of carbonyl (C=O) groups excluding carboxylic acids is 4. The van der Waals surface area contributed by atoms with Crippen molar-refractivity contribution in [2.75, 3.05) is 26.2 Å². The molecule has 230 valence electrons. The number of nitrogens with one attached hydrogen (secondary N) is 2. The topological polar surface area (TPSA) is 117 Å². The molecule has 1 fully saturated rings. The van der Waals surface area contributed by atoms with E-state index in [0.717, 1.165) is 11.1 Å². The lowest BCUT2D eigenvalue weighted by Crippen LogP contribution is -2.66. The summed E-state index contributed by atoms with van der Waals surface area (Å²) in [7, 11) is 0. The van der Waals surface area contributed by atoms with Crippen molar-refractivity contribution in [2.45, 2.75) is 70.4 Å². The SMILES string of the molecule is CC(C)(C)OC(=O)NC(C)(C)C(=O)NC(COCc1ccccc1)C(=O)N1CCN2C(=O)C=CC2(Cc2ccccc2)C1. The Kier molecular flexibility index (Phi) is 9.59. The average Bonchev–Trinajstić information content (AvgIpc) is 3.26. The molecular weight excluding hydrogens is 548 g/mol. The Morgan fingerprint density at radius 2 is 1.56 bits per heavy atom. The molecule has 2 aromatic rings. The molecule has 0 spiro atoms. The maximum absolute atomic E-state index is 14.1. The van der Waals surface area contributed by atoms with Crippen LogP contribution in [-0.4, -0.2) is 82.6 Å². The number of benzene rings is 2. The van der Waals surface area contributed by atoms with Crippen LogP contribution in [0.2, 0.25) is 0 Å². The van der Waals surface area contributed by atoms with E-state index in [0.29, 0.717) is 19.5 Å². The van der Waals surface area contributed by atoms with Gasteiger partial charge in [-0.25, -0.2) is 4.79 Å². The number of hydrogen-bond acceptors (Lipinski definition) is 6. The fraction of sp³-hybridized carbons (Fsp3) is 0.455. The van der Waals surface area contributed by atoms with Gasteiger partial charge in [0, 0.05) is 32.1 Å². The molecule has 43 heavy (non-hydrogen) atoms. The zero-order valence-electron chi connectivity index (χ0n) is 25.6. The van der Waals surface area contributed by atoms with Crippen molar-refractivity contribution in [3.05, 3.63) is 83.9 Å². The second kappa shape index (κ2) is 13.0. The Labute approximate surface area is 253 Å². The molecule has 0 bridgehead atoms. The molecule has 0 radical (unpaired) electrons. The molecule has 2 aliphatic rings. The second-order valence-electron chi connectivity index (χ2n) is 12.6. The number of rotatable bonds is 10. The van der Waals surface area contributed by atoms with Gasteiger partial charge in [-0.2, -0.15) is 0 Å². The van der Waals surface area contributed by atoms with Gasteiger partial charge in [0.1, 0.15) is 17.2 Å². The molecule has 2 unspecified atom stereocenters. The van der Waals surface area contributed by atoms with E-state index in [9.17, 15) is 19.2 Å². The standard InChI is InChI=1S/C33H42N4O6/c1-31(2,3)43-30(41)35-32(4,5)29(40)34-26(22-42-21-25-14-10-7-11-15-25)28(39)36-18-19-37-27(38)16-17-33(37,23-36)20-24-12-8-6-9-13-24/h6-17,26H,18-23H2,1-5H3,(H,34,40)(H,35,41). The van der Waals surface area contributed by atoms with Crippen LogP contribution in [0.4, 0.5) is 4.79 Å². The highest BCUT2D eigenvalue weighted by molar-refractivity contribution is 5.95. The Bertz CT molecular complexity index is 1340. The second-order valence-corrected chi connectivity index (χ2v) is 12.6. The summed E-state index contributed by atoms with van der Waals surface area (Å²) in [5.74, 6) is -0.961. The van der Waals surface area contributed by atoms with Gasteiger partial charge in [0.2, 0.25) is 17.7 Å². The summed E-state index contributed by atoms with van der Waals surface area (Å²) in [6, 6.07) is 18.4. The quantitative estimate of drug-likeness (QED) is 0.439. The van der Waals surface area contributed by atoms with Gasteiger partial charge in [-0.1, -0.05) is 66.7 Å². The highest BCUT2D eigenvalue weighted by atomic mass is 16.6. The number of piperazine rings is 1. The van der Waals surface area contributed by atoms with Crippen LogP contribution in [0, 0.1) is 0 Å². The van der Waals surface area contributed by atoms with Crippen LogP contribution >= 0.6 is 0 Å². The van der Waals surface area contributed by atoms with Gasteiger partial charge < -0.3 is 29.9 Å². The van der Waals surface area contributed by atoms with E-state index in [1.165, 1.54) is 0 Å². The summed E-state index contributed by atoms with van der Waals surface area (Å²) >= 11 is 0. The molecule has 0 aromatic heterocycles. The third-order valence-corrected chi connectivity index (χ3v) is 7.44. The normalized spacial score (nSPS) is 19.0. The predicted octanol–water partition coefficient (Wildman–Crippen LogP) is 3.21. The van der Waals surface area contributed by atoms with Crippen molar-refractivity contribution in [3.8, 4) is 0 Å². The molecule has 0 aliphatic carbocycles. The minimum Gasteiger partial charge on any atom is -0.444 e. The summed E-state index contributed by atoms with van der Waals surface area (Å²) in [5.41, 5.74) is -0.838. The van der Waals surface area contributed by atoms with E-state index in [-0.39, 0.29) is 31.6 Å². The van der Waals surface area contributed by atoms with Gasteiger partial charge in [-0.3, -0.25) is 14.4 Å². The van der Waals surface area contributed by atoms with Gasteiger partial charge in [0.05, 0.1) is 18.8 Å². The molecule has 2 aliphatic heterocycles. The minimum absolute atomic E-state index is 0.0750. The first kappa shape index (κ1) is 31.7. The molecule has 2 N–H and O–H groups in total. The van der Waals surface area contributed by atoms with Crippen LogP contribution in [0.3, 0.4) is 0 Å². The zero-order valence-corrected chi connectivity index (χ0v) is 25.6. The Morgan fingerprint density at radius 1 is 0.930 bits per heavy atom. The lowest BCUT2D eigenvalue weighted by molar-refractivity contribution is -0.146. The maximum Gasteiger partial charge on any atom is 0.408 e. The van der Waals surface area contributed by atoms with Crippen molar-refractivity contribution in [1.29, 1.82) is 0 Å². The number of amides is 4. The third kappa shape index (κ3) is 8.22. The molecule has 2 heterocycles. The molecular formula is C33H42N4O6. The molecule has 4 amide bonds. The molecule has 2 aromatic carbocycles. The van der Waals surface area contributed by atoms with Crippen LogP contribution in [0.25, 0.3) is 0 Å². The average molecular weight is 591 g/mol. The molecule has 10 nitrogen and oxygen atoms in total. The van der Waals surface area contributed by atoms with E-state index in [4.69, 9.17) is 9.47 Å². The van der Waals surface area contributed by atoms with Crippen LogP contribution < -0.4 is 10.6 Å². The largest absolute Gasteiger partial charge is 0.444 e. The third-order valence-electron chi connectivity index (χ3n) is 7.44. The van der Waals surface area contributed by atoms with Crippen molar-refractivity contribution in [2.24, 2.45) is 0 Å². The van der Waals surface area contributed by atoms with Gasteiger partial charge in [-0.05, 0) is 45.7 Å². The maximum atomic E-state index is 14.1. The summed E-state index contributed by atoms with van der Waals surface area (Å²) in [6.45, 7) is 9.40. The molecule has 4 rings (SSSR count). The zero-order chi connectivity index (χ0) is 31.3. The monoisotopic (exact) mass is 590 g/mol. The predicted molar refractivity (Wildman–Crippen MR) is 162 cm³/mol. The summed E-state index contributed by atoms with van der Waals surface area (Å²) < 4.78 is 11.3. The molecule has 10 heteroatoms. The van der Waals surface area contributed by atoms with Gasteiger partial charge in [0.15, 0.2) is 0 Å². The summed E-state index contributed by atoms with van der Waals surface area (Å²) in [4.78, 5) is 56.2. The highest BCUT2D eigenvalue weighted by Gasteiger charge is 2.47. The first-order valence-electron chi connectivity index (χ1n) is 14.6. The van der Waals surface area contributed by atoms with E-state index >= 15 is 0 Å². The van der Waals surface area contributed by atoms with Gasteiger partial charge in [-0.15, -0.1) is 0 Å². The van der Waals surface area contributed by atoms with Crippen molar-refractivity contribution < 1.29 is 28.7 Å². The first-order chi connectivity index (χ1) is 20.3. The van der Waals surface area contributed by atoms with E-state index in [1.54, 1.807) is 45.6 Å². The van der Waals surface area contributed by atoms with Crippen LogP contribution in [0.1, 0.15) is 45.7 Å². The number of carbonyl (C=O) groups is 4. The van der Waals surface area contributed by atoms with E-state index in [1.807, 2.05) is 71.6 Å². The number of alkyl carbamates (subject to hydrolysis) is 1. The van der Waals surface area contributed by atoms with E-state index < -0.39 is 34.7 Å². The number of nitrogens with zero attached hydrogens (tertiary/aromatic N) is 2. The van der Waals surface area contributed by atoms with Gasteiger partial charge in [0.25, 0.3) is 0 Å². The minimum atomic E-state index is -1.38. The summed E-state index contributed by atoms with van der Waals surface area (Å²) in [5, 5.41) is 5.41. The van der Waals surface area contributed by atoms with Crippen LogP contribution in [0.15, 0.2) is 72.8 Å². The fourth-order valence-corrected chi connectivity index (χ4v) is 5.29. The van der Waals surface area contributed by atoms with Crippen LogP contribution in [0.5, 0.6) is 0 Å². The smallest absolute Gasteiger partial charge is 0.408 e. The molecule has 1 saturated heterocycles. The van der Waals surface area contributed by atoms with Gasteiger partial charge >= 0.3 is 6.09 Å². The number of hydrogen-bond donors (Lipinski definition) is 2. The Hall–Kier alpha value is -4.18. The van der Waals surface area contributed by atoms with Crippen molar-refractivity contribution >= 4 is 23.8 Å². The Morgan fingerprint density at radius 3 is 2.19 bits per heavy atom. The van der Waals surface area contributed by atoms with Crippen molar-refractivity contribution in [3.63, 3.8) is 0 Å². The lowest BCUT2D eigenvalue weighted by atomic mass is 9.88. The number of ether oxygens (including phenoxy) is 2. The highest BCUT2D eigenvalue weighted by Crippen LogP contribution is 2.32. The van der Waals surface area contributed by atoms with E-state index in [2.05, 4.69) is 10.6 Å². The first-order valence-corrected chi connectivity index (χ1v) is 14.6. The fourth-order valence-electron chi connectivity index (χ4n) is 5.29. The number of fused-ring (bicyclic) bond motifs is 1.